The van der Waals surface area contributed by atoms with Crippen molar-refractivity contribution in [1.29, 1.82) is 0 Å². The van der Waals surface area contributed by atoms with Crippen LogP contribution in [0.15, 0.2) is 47.5 Å². The molecule has 0 radical (unpaired) electrons. The molecule has 112 valence electrons. The van der Waals surface area contributed by atoms with Gasteiger partial charge in [0.2, 0.25) is 0 Å². The molecule has 1 aromatic carbocycles. The van der Waals surface area contributed by atoms with Crippen LogP contribution in [0.3, 0.4) is 0 Å². The summed E-state index contributed by atoms with van der Waals surface area (Å²) < 4.78 is 39.3. The molecule has 0 saturated carbocycles. The number of nitrogens with one attached hydrogen (secondary N) is 2. The molecule has 0 atom stereocenters. The lowest BCUT2D eigenvalue weighted by Gasteiger charge is -2.08. The van der Waals surface area contributed by atoms with Crippen molar-refractivity contribution in [3.63, 3.8) is 0 Å². The van der Waals surface area contributed by atoms with E-state index in [9.17, 15) is 12.8 Å². The molecule has 1 aromatic heterocycles. The predicted octanol–water partition coefficient (Wildman–Crippen LogP) is 2.13. The summed E-state index contributed by atoms with van der Waals surface area (Å²) in [5.74, 6) is -0.446. The summed E-state index contributed by atoms with van der Waals surface area (Å²) in [6, 6.07) is 8.96. The summed E-state index contributed by atoms with van der Waals surface area (Å²) >= 11 is 0. The van der Waals surface area contributed by atoms with Gasteiger partial charge in [-0.25, -0.2) is 17.8 Å². The number of aromatic nitrogens is 1. The van der Waals surface area contributed by atoms with E-state index in [1.807, 2.05) is 6.92 Å². The summed E-state index contributed by atoms with van der Waals surface area (Å²) in [5, 5.41) is 3.16. The summed E-state index contributed by atoms with van der Waals surface area (Å²) in [6.07, 6.45) is 0.956. The van der Waals surface area contributed by atoms with E-state index < -0.39 is 15.8 Å². The highest BCUT2D eigenvalue weighted by molar-refractivity contribution is 7.92. The van der Waals surface area contributed by atoms with Crippen LogP contribution in [-0.4, -0.2) is 19.9 Å². The molecule has 0 fully saturated rings. The van der Waals surface area contributed by atoms with Gasteiger partial charge >= 0.3 is 0 Å². The topological polar surface area (TPSA) is 71.1 Å². The Balaban J connectivity index is 2.13. The van der Waals surface area contributed by atoms with Gasteiger partial charge in [0.25, 0.3) is 10.0 Å². The highest BCUT2D eigenvalue weighted by Gasteiger charge is 2.14. The third kappa shape index (κ3) is 4.24. The predicted molar refractivity (Wildman–Crippen MR) is 78.8 cm³/mol. The first-order chi connectivity index (χ1) is 10.0. The molecule has 0 aliphatic carbocycles. The van der Waals surface area contributed by atoms with Crippen LogP contribution in [0, 0.1) is 5.82 Å². The largest absolute Gasteiger partial charge is 0.313 e. The van der Waals surface area contributed by atoms with E-state index >= 15 is 0 Å². The van der Waals surface area contributed by atoms with Crippen LogP contribution < -0.4 is 10.0 Å². The fourth-order valence-corrected chi connectivity index (χ4v) is 2.70. The second-order valence-corrected chi connectivity index (χ2v) is 6.07. The Morgan fingerprint density at radius 1 is 1.14 bits per heavy atom. The summed E-state index contributed by atoms with van der Waals surface area (Å²) in [5.41, 5.74) is 0.996. The number of benzene rings is 1. The van der Waals surface area contributed by atoms with Gasteiger partial charge in [0.1, 0.15) is 11.6 Å². The average Bonchev–Trinajstić information content (AvgIpc) is 2.48. The van der Waals surface area contributed by atoms with Gasteiger partial charge in [-0.1, -0.05) is 19.1 Å². The maximum absolute atomic E-state index is 12.7. The number of nitrogens with zero attached hydrogens (tertiary/aromatic N) is 1. The number of rotatable bonds is 6. The summed E-state index contributed by atoms with van der Waals surface area (Å²) in [7, 11) is -3.72. The number of pyridine rings is 1. The third-order valence-corrected chi connectivity index (χ3v) is 4.15. The molecule has 0 unspecified atom stereocenters. The Morgan fingerprint density at radius 2 is 1.86 bits per heavy atom. The molecule has 0 bridgehead atoms. The molecule has 0 amide bonds. The molecule has 5 nitrogen and oxygen atoms in total. The minimum Gasteiger partial charge on any atom is -0.313 e. The molecule has 2 aromatic rings. The minimum absolute atomic E-state index is 0.0770. The maximum atomic E-state index is 12.7. The molecule has 2 rings (SSSR count). The monoisotopic (exact) mass is 309 g/mol. The van der Waals surface area contributed by atoms with Crippen LogP contribution in [0.25, 0.3) is 0 Å². The lowest BCUT2D eigenvalue weighted by Crippen LogP contribution is -2.15. The van der Waals surface area contributed by atoms with E-state index in [1.54, 1.807) is 12.1 Å². The first-order valence-electron chi connectivity index (χ1n) is 6.45. The van der Waals surface area contributed by atoms with Crippen molar-refractivity contribution in [1.82, 2.24) is 10.3 Å². The van der Waals surface area contributed by atoms with Crippen LogP contribution >= 0.6 is 0 Å². The van der Waals surface area contributed by atoms with E-state index in [2.05, 4.69) is 15.0 Å². The molecule has 0 aliphatic rings. The Hall–Kier alpha value is -1.99. The number of halogens is 1. The molecule has 1 heterocycles. The lowest BCUT2D eigenvalue weighted by atomic mass is 10.2. The van der Waals surface area contributed by atoms with Crippen molar-refractivity contribution < 1.29 is 12.8 Å². The fourth-order valence-electron chi connectivity index (χ4n) is 1.69. The normalized spacial score (nSPS) is 11.3. The SMILES string of the molecule is CCNCc1ccc(S(=O)(=O)Nc2ccc(F)cn2)cc1. The zero-order valence-corrected chi connectivity index (χ0v) is 12.3. The highest BCUT2D eigenvalue weighted by atomic mass is 32.2. The van der Waals surface area contributed by atoms with Crippen LogP contribution in [0.2, 0.25) is 0 Å². The summed E-state index contributed by atoms with van der Waals surface area (Å²) in [6.45, 7) is 3.53. The van der Waals surface area contributed by atoms with Crippen molar-refractivity contribution in [3.05, 3.63) is 54.0 Å². The van der Waals surface area contributed by atoms with Gasteiger partial charge in [0.05, 0.1) is 11.1 Å². The quantitative estimate of drug-likeness (QED) is 0.857. The number of anilines is 1. The lowest BCUT2D eigenvalue weighted by molar-refractivity contribution is 0.600. The first kappa shape index (κ1) is 15.4. The van der Waals surface area contributed by atoms with Crippen LogP contribution in [0.4, 0.5) is 10.2 Å². The average molecular weight is 309 g/mol. The van der Waals surface area contributed by atoms with Crippen LogP contribution in [-0.2, 0) is 16.6 Å². The second-order valence-electron chi connectivity index (χ2n) is 4.39. The van der Waals surface area contributed by atoms with Crippen molar-refractivity contribution in [2.45, 2.75) is 18.4 Å². The fraction of sp³-hybridized carbons (Fsp3) is 0.214. The molecule has 7 heteroatoms. The zero-order valence-electron chi connectivity index (χ0n) is 11.5. The molecular formula is C14H16FN3O2S. The van der Waals surface area contributed by atoms with Gasteiger partial charge in [0, 0.05) is 6.54 Å². The van der Waals surface area contributed by atoms with Gasteiger partial charge in [0.15, 0.2) is 0 Å². The highest BCUT2D eigenvalue weighted by Crippen LogP contribution is 2.15. The second kappa shape index (κ2) is 6.64. The van der Waals surface area contributed by atoms with Crippen molar-refractivity contribution in [2.24, 2.45) is 0 Å². The van der Waals surface area contributed by atoms with Gasteiger partial charge in [-0.2, -0.15) is 0 Å². The van der Waals surface area contributed by atoms with E-state index in [4.69, 9.17) is 0 Å². The van der Waals surface area contributed by atoms with Gasteiger partial charge in [-0.15, -0.1) is 0 Å². The first-order valence-corrected chi connectivity index (χ1v) is 7.93. The van der Waals surface area contributed by atoms with Crippen molar-refractivity contribution >= 4 is 15.8 Å². The zero-order chi connectivity index (χ0) is 15.3. The van der Waals surface area contributed by atoms with Gasteiger partial charge in [-0.3, -0.25) is 4.72 Å². The van der Waals surface area contributed by atoms with E-state index in [0.29, 0.717) is 6.54 Å². The minimum atomic E-state index is -3.72. The molecule has 0 saturated heterocycles. The standard InChI is InChI=1S/C14H16FN3O2S/c1-2-16-9-11-3-6-13(7-4-11)21(19,20)18-14-8-5-12(15)10-17-14/h3-8,10,16H,2,9H2,1H3,(H,17,18). The van der Waals surface area contributed by atoms with E-state index in [1.165, 1.54) is 18.2 Å². The Bertz CT molecular complexity index is 685. The van der Waals surface area contributed by atoms with Crippen molar-refractivity contribution in [3.8, 4) is 0 Å². The number of hydrogen-bond acceptors (Lipinski definition) is 4. The third-order valence-electron chi connectivity index (χ3n) is 2.78. The maximum Gasteiger partial charge on any atom is 0.263 e. The van der Waals surface area contributed by atoms with Crippen LogP contribution in [0.1, 0.15) is 12.5 Å². The Kier molecular flexibility index (Phi) is 4.87. The number of sulfonamides is 1. The number of hydrogen-bond donors (Lipinski definition) is 2. The van der Waals surface area contributed by atoms with E-state index in [0.717, 1.165) is 24.4 Å². The molecular weight excluding hydrogens is 293 g/mol. The molecule has 0 spiro atoms. The van der Waals surface area contributed by atoms with Gasteiger partial charge < -0.3 is 5.32 Å². The summed E-state index contributed by atoms with van der Waals surface area (Å²) in [4.78, 5) is 3.80. The smallest absolute Gasteiger partial charge is 0.263 e. The van der Waals surface area contributed by atoms with Crippen LogP contribution in [0.5, 0.6) is 0 Å². The Morgan fingerprint density at radius 3 is 2.43 bits per heavy atom. The van der Waals surface area contributed by atoms with Gasteiger partial charge in [-0.05, 0) is 36.4 Å². The van der Waals surface area contributed by atoms with E-state index in [-0.39, 0.29) is 10.7 Å². The van der Waals surface area contributed by atoms with Crippen molar-refractivity contribution in [2.75, 3.05) is 11.3 Å². The molecule has 21 heavy (non-hydrogen) atoms. The molecule has 2 N–H and O–H groups in total. The molecule has 0 aliphatic heterocycles. The Labute approximate surface area is 123 Å².